The third-order valence-corrected chi connectivity index (χ3v) is 3.97. The van der Waals surface area contributed by atoms with Crippen LogP contribution in [-0.4, -0.2) is 21.0 Å². The van der Waals surface area contributed by atoms with Gasteiger partial charge >= 0.3 is 5.97 Å². The molecule has 0 unspecified atom stereocenters. The molecule has 6 heteroatoms. The van der Waals surface area contributed by atoms with Crippen LogP contribution in [0.1, 0.15) is 9.67 Å². The second kappa shape index (κ2) is 5.41. The summed E-state index contributed by atoms with van der Waals surface area (Å²) in [4.78, 5) is 19.6. The summed E-state index contributed by atoms with van der Waals surface area (Å²) in [6.45, 7) is 0. The van der Waals surface area contributed by atoms with Crippen molar-refractivity contribution >= 4 is 17.3 Å². The second-order valence-corrected chi connectivity index (χ2v) is 5.22. The van der Waals surface area contributed by atoms with Crippen LogP contribution in [0.3, 0.4) is 0 Å². The quantitative estimate of drug-likeness (QED) is 0.801. The van der Waals surface area contributed by atoms with Gasteiger partial charge in [0.1, 0.15) is 15.7 Å². The minimum atomic E-state index is -1.12. The zero-order valence-corrected chi connectivity index (χ0v) is 11.5. The number of carboxylic acids is 1. The number of carboxylic acid groups (broad SMARTS) is 1. The summed E-state index contributed by atoms with van der Waals surface area (Å²) in [5.41, 5.74) is 1.09. The molecular weight excluding hydrogens is 291 g/mol. The number of thiazole rings is 1. The number of hydrogen-bond acceptors (Lipinski definition) is 4. The number of rotatable bonds is 3. The van der Waals surface area contributed by atoms with Crippen LogP contribution in [0.15, 0.2) is 48.8 Å². The first kappa shape index (κ1) is 13.4. The van der Waals surface area contributed by atoms with Gasteiger partial charge in [-0.15, -0.1) is 11.3 Å². The highest BCUT2D eigenvalue weighted by Gasteiger charge is 2.21. The number of benzene rings is 1. The van der Waals surface area contributed by atoms with E-state index in [-0.39, 0.29) is 16.1 Å². The van der Waals surface area contributed by atoms with Gasteiger partial charge in [-0.05, 0) is 24.3 Å². The summed E-state index contributed by atoms with van der Waals surface area (Å²) < 4.78 is 13.9. The van der Waals surface area contributed by atoms with Crippen LogP contribution in [0.5, 0.6) is 0 Å². The van der Waals surface area contributed by atoms with Crippen LogP contribution in [0.2, 0.25) is 0 Å². The fourth-order valence-corrected chi connectivity index (χ4v) is 2.84. The molecule has 0 radical (unpaired) electrons. The highest BCUT2D eigenvalue weighted by molar-refractivity contribution is 7.17. The van der Waals surface area contributed by atoms with Gasteiger partial charge in [0.2, 0.25) is 0 Å². The van der Waals surface area contributed by atoms with Crippen molar-refractivity contribution in [2.75, 3.05) is 0 Å². The van der Waals surface area contributed by atoms with Gasteiger partial charge in [0.15, 0.2) is 0 Å². The molecule has 0 fully saturated rings. The first-order chi connectivity index (χ1) is 10.2. The summed E-state index contributed by atoms with van der Waals surface area (Å²) in [6, 6.07) is 9.47. The zero-order valence-electron chi connectivity index (χ0n) is 10.7. The molecule has 0 saturated carbocycles. The molecule has 21 heavy (non-hydrogen) atoms. The molecule has 0 amide bonds. The maximum absolute atomic E-state index is 13.9. The Morgan fingerprint density at radius 1 is 1.14 bits per heavy atom. The minimum absolute atomic E-state index is 0.0203. The average Bonchev–Trinajstić information content (AvgIpc) is 2.94. The number of hydrogen-bond donors (Lipinski definition) is 1. The number of pyridine rings is 1. The monoisotopic (exact) mass is 300 g/mol. The first-order valence-electron chi connectivity index (χ1n) is 6.06. The molecule has 1 N–H and O–H groups in total. The zero-order chi connectivity index (χ0) is 14.8. The Morgan fingerprint density at radius 3 is 2.52 bits per heavy atom. The lowest BCUT2D eigenvalue weighted by atomic mass is 10.1. The van der Waals surface area contributed by atoms with Gasteiger partial charge in [-0.3, -0.25) is 4.98 Å². The molecule has 2 heterocycles. The average molecular weight is 300 g/mol. The van der Waals surface area contributed by atoms with Crippen molar-refractivity contribution in [3.05, 3.63) is 59.5 Å². The van der Waals surface area contributed by atoms with Gasteiger partial charge in [0.25, 0.3) is 0 Å². The normalized spacial score (nSPS) is 10.5. The molecule has 0 atom stereocenters. The van der Waals surface area contributed by atoms with Gasteiger partial charge in [0, 0.05) is 23.5 Å². The minimum Gasteiger partial charge on any atom is -0.477 e. The fraction of sp³-hybridized carbons (Fsp3) is 0. The molecule has 2 aromatic heterocycles. The van der Waals surface area contributed by atoms with Crippen LogP contribution < -0.4 is 0 Å². The molecule has 0 saturated heterocycles. The van der Waals surface area contributed by atoms with E-state index in [1.807, 2.05) is 0 Å². The molecule has 1 aromatic carbocycles. The van der Waals surface area contributed by atoms with Crippen molar-refractivity contribution in [1.82, 2.24) is 9.97 Å². The van der Waals surface area contributed by atoms with Crippen molar-refractivity contribution in [3.8, 4) is 21.8 Å². The molecule has 0 aliphatic heterocycles. The maximum atomic E-state index is 13.9. The summed E-state index contributed by atoms with van der Waals surface area (Å²) >= 11 is 1.02. The van der Waals surface area contributed by atoms with E-state index >= 15 is 0 Å². The van der Waals surface area contributed by atoms with E-state index in [0.717, 1.165) is 16.9 Å². The van der Waals surface area contributed by atoms with Crippen molar-refractivity contribution < 1.29 is 14.3 Å². The molecule has 3 rings (SSSR count). The number of nitrogens with zero attached hydrogens (tertiary/aromatic N) is 2. The summed E-state index contributed by atoms with van der Waals surface area (Å²) in [5.74, 6) is -1.61. The SMILES string of the molecule is O=C(O)c1sc(-c2ccncc2)nc1-c1ccccc1F. The molecule has 0 aliphatic rings. The summed E-state index contributed by atoms with van der Waals surface area (Å²) in [5, 5.41) is 9.84. The van der Waals surface area contributed by atoms with Gasteiger partial charge in [-0.1, -0.05) is 12.1 Å². The first-order valence-corrected chi connectivity index (χ1v) is 6.88. The Labute approximate surface area is 123 Å². The van der Waals surface area contributed by atoms with Gasteiger partial charge in [-0.25, -0.2) is 14.2 Å². The Bertz CT molecular complexity index is 802. The van der Waals surface area contributed by atoms with Crippen LogP contribution in [0.25, 0.3) is 21.8 Å². The lowest BCUT2D eigenvalue weighted by molar-refractivity contribution is 0.0702. The Morgan fingerprint density at radius 2 is 1.86 bits per heavy atom. The lowest BCUT2D eigenvalue weighted by Crippen LogP contribution is -1.96. The highest BCUT2D eigenvalue weighted by atomic mass is 32.1. The predicted octanol–water partition coefficient (Wildman–Crippen LogP) is 3.71. The number of halogens is 1. The van der Waals surface area contributed by atoms with Crippen LogP contribution in [-0.2, 0) is 0 Å². The van der Waals surface area contributed by atoms with Gasteiger partial charge in [-0.2, -0.15) is 0 Å². The maximum Gasteiger partial charge on any atom is 0.348 e. The third kappa shape index (κ3) is 2.53. The molecule has 104 valence electrons. The van der Waals surface area contributed by atoms with Crippen LogP contribution in [0.4, 0.5) is 4.39 Å². The van der Waals surface area contributed by atoms with Crippen molar-refractivity contribution in [2.24, 2.45) is 0 Å². The van der Waals surface area contributed by atoms with E-state index in [4.69, 9.17) is 0 Å². The highest BCUT2D eigenvalue weighted by Crippen LogP contribution is 2.34. The van der Waals surface area contributed by atoms with Gasteiger partial charge < -0.3 is 5.11 Å². The molecule has 0 bridgehead atoms. The van der Waals surface area contributed by atoms with Crippen molar-refractivity contribution in [2.45, 2.75) is 0 Å². The smallest absolute Gasteiger partial charge is 0.348 e. The van der Waals surface area contributed by atoms with E-state index in [9.17, 15) is 14.3 Å². The molecular formula is C15H9FN2O2S. The third-order valence-electron chi connectivity index (χ3n) is 2.88. The lowest BCUT2D eigenvalue weighted by Gasteiger charge is -2.00. The predicted molar refractivity (Wildman–Crippen MR) is 77.7 cm³/mol. The Kier molecular flexibility index (Phi) is 3.45. The van der Waals surface area contributed by atoms with E-state index in [2.05, 4.69) is 9.97 Å². The van der Waals surface area contributed by atoms with Crippen molar-refractivity contribution in [3.63, 3.8) is 0 Å². The fourth-order valence-electron chi connectivity index (χ4n) is 1.92. The summed E-state index contributed by atoms with van der Waals surface area (Å²) in [6.07, 6.45) is 3.19. The topological polar surface area (TPSA) is 63.1 Å². The molecule has 0 spiro atoms. The van der Waals surface area contributed by atoms with Gasteiger partial charge in [0.05, 0.1) is 5.69 Å². The molecule has 4 nitrogen and oxygen atoms in total. The Balaban J connectivity index is 2.19. The Hall–Kier alpha value is -2.60. The largest absolute Gasteiger partial charge is 0.477 e. The molecule has 0 aliphatic carbocycles. The van der Waals surface area contributed by atoms with E-state index in [0.29, 0.717) is 5.01 Å². The number of aromatic nitrogens is 2. The second-order valence-electron chi connectivity index (χ2n) is 4.22. The summed E-state index contributed by atoms with van der Waals surface area (Å²) in [7, 11) is 0. The number of carbonyl (C=O) groups is 1. The van der Waals surface area contributed by atoms with Crippen molar-refractivity contribution in [1.29, 1.82) is 0 Å². The van der Waals surface area contributed by atoms with E-state index < -0.39 is 11.8 Å². The standard InChI is InChI=1S/C15H9FN2O2S/c16-11-4-2-1-3-10(11)12-13(15(19)20)21-14(18-12)9-5-7-17-8-6-9/h1-8H,(H,19,20). The van der Waals surface area contributed by atoms with Crippen LogP contribution >= 0.6 is 11.3 Å². The molecule has 3 aromatic rings. The van der Waals surface area contributed by atoms with E-state index in [1.165, 1.54) is 12.1 Å². The number of aromatic carboxylic acids is 1. The van der Waals surface area contributed by atoms with E-state index in [1.54, 1.807) is 36.7 Å². The van der Waals surface area contributed by atoms with Crippen LogP contribution in [0, 0.1) is 5.82 Å².